The number of hydrogen-bond acceptors (Lipinski definition) is 2. The molecular formula is C19H23N2O+. The van der Waals surface area contributed by atoms with Crippen molar-refractivity contribution in [3.63, 3.8) is 0 Å². The van der Waals surface area contributed by atoms with Crippen LogP contribution in [0.5, 0.6) is 0 Å². The number of aliphatic hydroxyl groups is 1. The Balaban J connectivity index is 1.79. The number of piperidine rings is 1. The van der Waals surface area contributed by atoms with Gasteiger partial charge in [-0.05, 0) is 5.56 Å². The van der Waals surface area contributed by atoms with Crippen LogP contribution in [0, 0.1) is 0 Å². The van der Waals surface area contributed by atoms with Gasteiger partial charge in [0.1, 0.15) is 12.6 Å². The van der Waals surface area contributed by atoms with Gasteiger partial charge >= 0.3 is 0 Å². The fraction of sp³-hybridized carbons (Fsp3) is 0.368. The molecule has 3 aliphatic rings. The fourth-order valence-electron chi connectivity index (χ4n) is 4.28. The van der Waals surface area contributed by atoms with Crippen LogP contribution in [0.25, 0.3) is 0 Å². The van der Waals surface area contributed by atoms with Gasteiger partial charge in [0.15, 0.2) is 6.17 Å². The van der Waals surface area contributed by atoms with E-state index in [9.17, 15) is 5.11 Å². The van der Waals surface area contributed by atoms with Crippen LogP contribution in [-0.4, -0.2) is 35.8 Å². The molecule has 3 fully saturated rings. The van der Waals surface area contributed by atoms with Crippen molar-refractivity contribution >= 4 is 0 Å². The first-order chi connectivity index (χ1) is 10.6. The van der Waals surface area contributed by atoms with E-state index in [1.54, 1.807) is 0 Å². The smallest absolute Gasteiger partial charge is 0.170 e. The molecule has 0 spiro atoms. The molecule has 2 aromatic rings. The molecule has 2 N–H and O–H groups in total. The Morgan fingerprint density at radius 3 is 2.32 bits per heavy atom. The molecule has 3 saturated heterocycles. The van der Waals surface area contributed by atoms with Crippen LogP contribution in [-0.2, 0) is 5.54 Å². The summed E-state index contributed by atoms with van der Waals surface area (Å²) >= 11 is 0. The molecule has 3 nitrogen and oxygen atoms in total. The van der Waals surface area contributed by atoms with E-state index in [0.717, 1.165) is 24.0 Å². The van der Waals surface area contributed by atoms with Crippen LogP contribution in [0.4, 0.5) is 0 Å². The van der Waals surface area contributed by atoms with Crippen LogP contribution < -0.4 is 5.32 Å². The van der Waals surface area contributed by atoms with Gasteiger partial charge in [-0.2, -0.15) is 0 Å². The Hall–Kier alpha value is -1.68. The summed E-state index contributed by atoms with van der Waals surface area (Å²) in [6.45, 7) is 1.87. The van der Waals surface area contributed by atoms with E-state index in [2.05, 4.69) is 67.0 Å². The lowest BCUT2D eigenvalue weighted by Gasteiger charge is -2.60. The summed E-state index contributed by atoms with van der Waals surface area (Å²) in [5.41, 5.74) is 2.18. The highest BCUT2D eigenvalue weighted by atomic mass is 16.3. The first kappa shape index (κ1) is 13.9. The minimum Gasteiger partial charge on any atom is -0.385 e. The predicted molar refractivity (Wildman–Crippen MR) is 87.0 cm³/mol. The normalized spacial score (nSPS) is 37.2. The lowest BCUT2D eigenvalue weighted by atomic mass is 9.74. The molecular weight excluding hydrogens is 272 g/mol. The largest absolute Gasteiger partial charge is 0.385 e. The van der Waals surface area contributed by atoms with Crippen molar-refractivity contribution in [1.82, 2.24) is 5.32 Å². The standard InChI is InChI=1S/C19H23N2O/c1-21-13-12-19(17(22)14-21,16-10-6-3-7-11-16)20-18(21)15-8-4-2-5-9-15/h2-11,17-18,20,22H,12-14H2,1H3/q+1. The van der Waals surface area contributed by atoms with Crippen LogP contribution in [0.15, 0.2) is 60.7 Å². The van der Waals surface area contributed by atoms with Gasteiger partial charge in [0.25, 0.3) is 0 Å². The SMILES string of the molecule is C[N+]12CCC(c3ccccc3)(NC1c1ccccc1)C(O)C2. The zero-order chi connectivity index (χ0) is 15.2. The number of likely N-dealkylation sites (N-methyl/N-ethyl adjacent to an activating group) is 1. The molecule has 0 saturated carbocycles. The van der Waals surface area contributed by atoms with Gasteiger partial charge < -0.3 is 9.59 Å². The molecule has 3 aliphatic heterocycles. The molecule has 0 radical (unpaired) electrons. The maximum atomic E-state index is 10.9. The van der Waals surface area contributed by atoms with Gasteiger partial charge in [-0.1, -0.05) is 60.7 Å². The predicted octanol–water partition coefficient (Wildman–Crippen LogP) is 2.40. The number of nitrogens with one attached hydrogen (secondary N) is 1. The summed E-state index contributed by atoms with van der Waals surface area (Å²) in [5.74, 6) is 0. The molecule has 2 bridgehead atoms. The number of hydrogen-bond donors (Lipinski definition) is 2. The van der Waals surface area contributed by atoms with Crippen molar-refractivity contribution in [2.75, 3.05) is 20.1 Å². The minimum atomic E-state index is -0.353. The number of quaternary nitrogens is 1. The maximum absolute atomic E-state index is 10.9. The molecule has 2 aromatic carbocycles. The first-order valence-corrected chi connectivity index (χ1v) is 8.05. The van der Waals surface area contributed by atoms with E-state index in [-0.39, 0.29) is 17.8 Å². The minimum absolute atomic E-state index is 0.235. The average molecular weight is 295 g/mol. The van der Waals surface area contributed by atoms with E-state index >= 15 is 0 Å². The van der Waals surface area contributed by atoms with Crippen molar-refractivity contribution in [1.29, 1.82) is 0 Å². The van der Waals surface area contributed by atoms with Crippen LogP contribution in [0.2, 0.25) is 0 Å². The summed E-state index contributed by atoms with van der Waals surface area (Å²) in [6.07, 6.45) is 0.852. The molecule has 3 heteroatoms. The van der Waals surface area contributed by atoms with Crippen molar-refractivity contribution in [2.45, 2.75) is 24.2 Å². The lowest BCUT2D eigenvalue weighted by molar-refractivity contribution is -0.964. The second kappa shape index (κ2) is 4.92. The highest BCUT2D eigenvalue weighted by molar-refractivity contribution is 5.30. The Kier molecular flexibility index (Phi) is 3.12. The number of aliphatic hydroxyl groups excluding tert-OH is 1. The topological polar surface area (TPSA) is 32.3 Å². The van der Waals surface area contributed by atoms with Crippen molar-refractivity contribution < 1.29 is 9.59 Å². The van der Waals surface area contributed by atoms with Gasteiger partial charge in [-0.25, -0.2) is 0 Å². The zero-order valence-electron chi connectivity index (χ0n) is 12.9. The second-order valence-corrected chi connectivity index (χ2v) is 6.95. The van der Waals surface area contributed by atoms with Gasteiger partial charge in [0.2, 0.25) is 0 Å². The van der Waals surface area contributed by atoms with Gasteiger partial charge in [0, 0.05) is 12.0 Å². The molecule has 0 aliphatic carbocycles. The third-order valence-electron chi connectivity index (χ3n) is 5.60. The Morgan fingerprint density at radius 1 is 1.05 bits per heavy atom. The summed E-state index contributed by atoms with van der Waals surface area (Å²) in [5, 5.41) is 14.7. The Morgan fingerprint density at radius 2 is 1.68 bits per heavy atom. The van der Waals surface area contributed by atoms with E-state index in [0.29, 0.717) is 0 Å². The molecule has 5 rings (SSSR count). The highest BCUT2D eigenvalue weighted by Gasteiger charge is 2.58. The summed E-state index contributed by atoms with van der Waals surface area (Å²) in [6, 6.07) is 21.1. The Bertz CT molecular complexity index is 660. The molecule has 0 aromatic heterocycles. The Labute approximate surface area is 131 Å². The van der Waals surface area contributed by atoms with Crippen molar-refractivity contribution in [3.05, 3.63) is 71.8 Å². The molecule has 114 valence electrons. The monoisotopic (exact) mass is 295 g/mol. The maximum Gasteiger partial charge on any atom is 0.170 e. The number of fused-ring (bicyclic) bond motifs is 3. The third kappa shape index (κ3) is 1.93. The molecule has 0 amide bonds. The lowest BCUT2D eigenvalue weighted by Crippen LogP contribution is -2.76. The number of benzene rings is 2. The van der Waals surface area contributed by atoms with Crippen LogP contribution >= 0.6 is 0 Å². The van der Waals surface area contributed by atoms with Gasteiger partial charge in [0.05, 0.1) is 19.1 Å². The number of rotatable bonds is 2. The third-order valence-corrected chi connectivity index (χ3v) is 5.60. The quantitative estimate of drug-likeness (QED) is 0.834. The van der Waals surface area contributed by atoms with Crippen molar-refractivity contribution in [3.8, 4) is 0 Å². The van der Waals surface area contributed by atoms with Crippen LogP contribution in [0.3, 0.4) is 0 Å². The highest BCUT2D eigenvalue weighted by Crippen LogP contribution is 2.46. The molecule has 4 atom stereocenters. The summed E-state index contributed by atoms with van der Waals surface area (Å²) in [7, 11) is 2.25. The van der Waals surface area contributed by atoms with Crippen molar-refractivity contribution in [2.24, 2.45) is 0 Å². The van der Waals surface area contributed by atoms with E-state index in [1.807, 2.05) is 6.07 Å². The second-order valence-electron chi connectivity index (χ2n) is 6.95. The molecule has 3 heterocycles. The van der Waals surface area contributed by atoms with E-state index in [1.165, 1.54) is 11.1 Å². The fourth-order valence-corrected chi connectivity index (χ4v) is 4.28. The van der Waals surface area contributed by atoms with E-state index < -0.39 is 0 Å². The molecule has 22 heavy (non-hydrogen) atoms. The van der Waals surface area contributed by atoms with Crippen LogP contribution in [0.1, 0.15) is 23.7 Å². The zero-order valence-corrected chi connectivity index (χ0v) is 12.9. The van der Waals surface area contributed by atoms with E-state index in [4.69, 9.17) is 0 Å². The summed E-state index contributed by atoms with van der Waals surface area (Å²) in [4.78, 5) is 0. The molecule has 4 unspecified atom stereocenters. The van der Waals surface area contributed by atoms with Gasteiger partial charge in [-0.3, -0.25) is 5.32 Å². The van der Waals surface area contributed by atoms with Gasteiger partial charge in [-0.15, -0.1) is 0 Å². The summed E-state index contributed by atoms with van der Waals surface area (Å²) < 4.78 is 0.861. The average Bonchev–Trinajstić information content (AvgIpc) is 2.56. The first-order valence-electron chi connectivity index (χ1n) is 8.05. The number of nitrogens with zero attached hydrogens (tertiary/aromatic N) is 1.